The molecule has 3 N–H and O–H groups in total. The van der Waals surface area contributed by atoms with Crippen LogP contribution in [0.1, 0.15) is 25.1 Å². The molecule has 0 spiro atoms. The van der Waals surface area contributed by atoms with Gasteiger partial charge >= 0.3 is 0 Å². The Labute approximate surface area is 107 Å². The normalized spacial score (nSPS) is 14.9. The molecule has 6 heteroatoms. The van der Waals surface area contributed by atoms with E-state index in [1.165, 1.54) is 0 Å². The van der Waals surface area contributed by atoms with Crippen LogP contribution in [0.4, 0.5) is 0 Å². The predicted molar refractivity (Wildman–Crippen MR) is 68.9 cm³/mol. The molecule has 0 aliphatic heterocycles. The monoisotopic (exact) mass is 260 g/mol. The van der Waals surface area contributed by atoms with Crippen molar-refractivity contribution in [3.8, 4) is 0 Å². The quantitative estimate of drug-likeness (QED) is 0.596. The van der Waals surface area contributed by atoms with Crippen LogP contribution in [0, 0.1) is 6.92 Å². The van der Waals surface area contributed by atoms with Crippen LogP contribution in [0.15, 0.2) is 0 Å². The molecule has 0 saturated heterocycles. The van der Waals surface area contributed by atoms with Crippen molar-refractivity contribution in [2.24, 2.45) is 12.9 Å². The topological polar surface area (TPSA) is 65.1 Å². The third kappa shape index (κ3) is 3.42. The summed E-state index contributed by atoms with van der Waals surface area (Å²) in [6.45, 7) is 6.57. The molecule has 0 saturated carbocycles. The Bertz CT molecular complexity index is 367. The van der Waals surface area contributed by atoms with Gasteiger partial charge in [0.2, 0.25) is 0 Å². The average Bonchev–Trinajstić information content (AvgIpc) is 2.51. The van der Waals surface area contributed by atoms with Gasteiger partial charge < -0.3 is 4.74 Å². The lowest BCUT2D eigenvalue weighted by Crippen LogP contribution is -2.45. The SMILES string of the molecule is CCOC(C)C(Cc1c(C)nn(C)c1Cl)NN. The summed E-state index contributed by atoms with van der Waals surface area (Å²) < 4.78 is 7.21. The minimum Gasteiger partial charge on any atom is -0.377 e. The van der Waals surface area contributed by atoms with E-state index in [-0.39, 0.29) is 12.1 Å². The predicted octanol–water partition coefficient (Wildman–Crippen LogP) is 1.18. The maximum absolute atomic E-state index is 6.19. The van der Waals surface area contributed by atoms with E-state index < -0.39 is 0 Å². The van der Waals surface area contributed by atoms with Crippen molar-refractivity contribution in [2.75, 3.05) is 6.61 Å². The van der Waals surface area contributed by atoms with Gasteiger partial charge in [0.25, 0.3) is 0 Å². The number of nitrogens with two attached hydrogens (primary N) is 1. The van der Waals surface area contributed by atoms with Crippen LogP contribution in [-0.4, -0.2) is 28.5 Å². The summed E-state index contributed by atoms with van der Waals surface area (Å²) in [5.41, 5.74) is 4.73. The van der Waals surface area contributed by atoms with Gasteiger partial charge in [0.1, 0.15) is 5.15 Å². The van der Waals surface area contributed by atoms with Crippen molar-refractivity contribution in [1.29, 1.82) is 0 Å². The maximum Gasteiger partial charge on any atom is 0.130 e. The van der Waals surface area contributed by atoms with E-state index in [2.05, 4.69) is 10.5 Å². The molecule has 1 heterocycles. The summed E-state index contributed by atoms with van der Waals surface area (Å²) in [6, 6.07) is 0.0235. The number of aryl methyl sites for hydroxylation is 2. The molecule has 1 aromatic heterocycles. The third-order valence-corrected chi connectivity index (χ3v) is 3.38. The molecule has 0 aromatic carbocycles. The van der Waals surface area contributed by atoms with Gasteiger partial charge in [-0.2, -0.15) is 5.10 Å². The van der Waals surface area contributed by atoms with Gasteiger partial charge in [-0.15, -0.1) is 0 Å². The Kier molecular flexibility index (Phi) is 5.39. The van der Waals surface area contributed by atoms with Crippen molar-refractivity contribution in [1.82, 2.24) is 15.2 Å². The highest BCUT2D eigenvalue weighted by molar-refractivity contribution is 6.30. The van der Waals surface area contributed by atoms with Crippen molar-refractivity contribution in [3.63, 3.8) is 0 Å². The smallest absolute Gasteiger partial charge is 0.130 e. The highest BCUT2D eigenvalue weighted by atomic mass is 35.5. The summed E-state index contributed by atoms with van der Waals surface area (Å²) in [5.74, 6) is 5.56. The lowest BCUT2D eigenvalue weighted by atomic mass is 10.0. The number of nitrogens with zero attached hydrogens (tertiary/aromatic N) is 2. The van der Waals surface area contributed by atoms with E-state index >= 15 is 0 Å². The minimum atomic E-state index is 0.0235. The standard InChI is InChI=1S/C11H21ClN4O/c1-5-17-8(3)10(14-13)6-9-7(2)15-16(4)11(9)12/h8,10,14H,5-6,13H2,1-4H3. The average molecular weight is 261 g/mol. The Morgan fingerprint density at radius 2 is 2.24 bits per heavy atom. The second kappa shape index (κ2) is 6.35. The first-order valence-corrected chi connectivity index (χ1v) is 6.14. The Morgan fingerprint density at radius 1 is 1.59 bits per heavy atom. The van der Waals surface area contributed by atoms with E-state index in [9.17, 15) is 0 Å². The molecular formula is C11H21ClN4O. The van der Waals surface area contributed by atoms with Crippen molar-refractivity contribution in [3.05, 3.63) is 16.4 Å². The van der Waals surface area contributed by atoms with Gasteiger partial charge in [0.15, 0.2) is 0 Å². The van der Waals surface area contributed by atoms with Gasteiger partial charge in [-0.3, -0.25) is 16.0 Å². The number of rotatable bonds is 6. The number of nitrogens with one attached hydrogen (secondary N) is 1. The highest BCUT2D eigenvalue weighted by Crippen LogP contribution is 2.21. The largest absolute Gasteiger partial charge is 0.377 e. The number of halogens is 1. The molecule has 1 rings (SSSR count). The molecule has 0 fully saturated rings. The van der Waals surface area contributed by atoms with E-state index in [1.54, 1.807) is 4.68 Å². The van der Waals surface area contributed by atoms with E-state index in [0.29, 0.717) is 18.2 Å². The zero-order valence-corrected chi connectivity index (χ0v) is 11.6. The summed E-state index contributed by atoms with van der Waals surface area (Å²) in [5, 5.41) is 4.94. The van der Waals surface area contributed by atoms with Crippen LogP contribution < -0.4 is 11.3 Å². The number of hydrogen-bond acceptors (Lipinski definition) is 4. The fraction of sp³-hybridized carbons (Fsp3) is 0.727. The van der Waals surface area contributed by atoms with Gasteiger partial charge in [-0.05, 0) is 27.2 Å². The van der Waals surface area contributed by atoms with Crippen LogP contribution in [0.5, 0.6) is 0 Å². The summed E-state index contributed by atoms with van der Waals surface area (Å²) >= 11 is 6.19. The molecule has 5 nitrogen and oxygen atoms in total. The molecule has 0 aliphatic carbocycles. The Hall–Kier alpha value is -0.620. The Morgan fingerprint density at radius 3 is 2.65 bits per heavy atom. The lowest BCUT2D eigenvalue weighted by molar-refractivity contribution is 0.0476. The van der Waals surface area contributed by atoms with Crippen molar-refractivity contribution in [2.45, 2.75) is 39.3 Å². The number of hydrazine groups is 1. The summed E-state index contributed by atoms with van der Waals surface area (Å²) in [4.78, 5) is 0. The molecule has 0 bridgehead atoms. The first kappa shape index (κ1) is 14.4. The number of ether oxygens (including phenoxy) is 1. The highest BCUT2D eigenvalue weighted by Gasteiger charge is 2.21. The van der Waals surface area contributed by atoms with Crippen LogP contribution in [0.3, 0.4) is 0 Å². The lowest BCUT2D eigenvalue weighted by Gasteiger charge is -2.23. The van der Waals surface area contributed by atoms with E-state index in [4.69, 9.17) is 22.2 Å². The molecule has 1 aromatic rings. The Balaban J connectivity index is 2.80. The molecule has 98 valence electrons. The van der Waals surface area contributed by atoms with Crippen LogP contribution in [0.2, 0.25) is 5.15 Å². The molecular weight excluding hydrogens is 240 g/mol. The summed E-state index contributed by atoms with van der Waals surface area (Å²) in [7, 11) is 1.83. The molecule has 17 heavy (non-hydrogen) atoms. The van der Waals surface area contributed by atoms with Gasteiger partial charge in [0, 0.05) is 19.2 Å². The number of aromatic nitrogens is 2. The van der Waals surface area contributed by atoms with Gasteiger partial charge in [0.05, 0.1) is 17.8 Å². The maximum atomic E-state index is 6.19. The minimum absolute atomic E-state index is 0.0235. The molecule has 2 unspecified atom stereocenters. The zero-order chi connectivity index (χ0) is 13.0. The third-order valence-electron chi connectivity index (χ3n) is 2.90. The van der Waals surface area contributed by atoms with Crippen molar-refractivity contribution < 1.29 is 4.74 Å². The van der Waals surface area contributed by atoms with Crippen LogP contribution in [-0.2, 0) is 18.2 Å². The molecule has 2 atom stereocenters. The summed E-state index contributed by atoms with van der Waals surface area (Å²) in [6.07, 6.45) is 0.733. The second-order valence-electron chi connectivity index (χ2n) is 4.12. The van der Waals surface area contributed by atoms with Gasteiger partial charge in [-0.1, -0.05) is 11.6 Å². The number of hydrogen-bond donors (Lipinski definition) is 2. The van der Waals surface area contributed by atoms with Crippen molar-refractivity contribution >= 4 is 11.6 Å². The molecule has 0 radical (unpaired) electrons. The fourth-order valence-electron chi connectivity index (χ4n) is 1.87. The second-order valence-corrected chi connectivity index (χ2v) is 4.47. The van der Waals surface area contributed by atoms with E-state index in [0.717, 1.165) is 11.3 Å². The fourth-order valence-corrected chi connectivity index (χ4v) is 2.12. The molecule has 0 amide bonds. The molecule has 0 aliphatic rings. The van der Waals surface area contributed by atoms with Crippen LogP contribution in [0.25, 0.3) is 0 Å². The van der Waals surface area contributed by atoms with Gasteiger partial charge in [-0.25, -0.2) is 0 Å². The van der Waals surface area contributed by atoms with E-state index in [1.807, 2.05) is 27.8 Å². The first-order chi connectivity index (χ1) is 8.01. The zero-order valence-electron chi connectivity index (χ0n) is 10.8. The van der Waals surface area contributed by atoms with Crippen LogP contribution >= 0.6 is 11.6 Å². The first-order valence-electron chi connectivity index (χ1n) is 5.76.